The van der Waals surface area contributed by atoms with Crippen molar-refractivity contribution in [2.24, 2.45) is 0 Å². The molecule has 0 aliphatic carbocycles. The van der Waals surface area contributed by atoms with E-state index in [1.807, 2.05) is 30.3 Å². The van der Waals surface area contributed by atoms with E-state index in [-0.39, 0.29) is 6.10 Å². The third-order valence-electron chi connectivity index (χ3n) is 2.74. The molecular weight excluding hydrogens is 206 g/mol. The van der Waals surface area contributed by atoms with Crippen LogP contribution in [0.3, 0.4) is 0 Å². The van der Waals surface area contributed by atoms with Gasteiger partial charge in [-0.05, 0) is 12.0 Å². The highest BCUT2D eigenvalue weighted by molar-refractivity contribution is 5.65. The van der Waals surface area contributed by atoms with Gasteiger partial charge in [0.25, 0.3) is 0 Å². The minimum Gasteiger partial charge on any atom is -0.465 e. The van der Waals surface area contributed by atoms with Gasteiger partial charge in [-0.15, -0.1) is 0 Å². The Morgan fingerprint density at radius 3 is 2.81 bits per heavy atom. The van der Waals surface area contributed by atoms with Gasteiger partial charge in [-0.25, -0.2) is 4.79 Å². The number of nitrogens with zero attached hydrogens (tertiary/aromatic N) is 1. The number of amides is 1. The zero-order valence-electron chi connectivity index (χ0n) is 9.00. The number of hydrogen-bond donors (Lipinski definition) is 1. The molecule has 1 saturated heterocycles. The van der Waals surface area contributed by atoms with Gasteiger partial charge in [0.1, 0.15) is 0 Å². The van der Waals surface area contributed by atoms with E-state index >= 15 is 0 Å². The van der Waals surface area contributed by atoms with Crippen molar-refractivity contribution in [3.8, 4) is 0 Å². The fourth-order valence-corrected chi connectivity index (χ4v) is 1.83. The monoisotopic (exact) mass is 221 g/mol. The lowest BCUT2D eigenvalue weighted by atomic mass is 10.2. The highest BCUT2D eigenvalue weighted by Gasteiger charge is 2.26. The lowest BCUT2D eigenvalue weighted by Gasteiger charge is -2.13. The van der Waals surface area contributed by atoms with Gasteiger partial charge >= 0.3 is 6.09 Å². The first-order valence-electron chi connectivity index (χ1n) is 5.39. The first kappa shape index (κ1) is 11.0. The van der Waals surface area contributed by atoms with Gasteiger partial charge in [0.15, 0.2) is 0 Å². The molecule has 1 N–H and O–H groups in total. The van der Waals surface area contributed by atoms with Crippen molar-refractivity contribution in [1.29, 1.82) is 0 Å². The molecule has 1 fully saturated rings. The van der Waals surface area contributed by atoms with E-state index in [9.17, 15) is 4.79 Å². The Labute approximate surface area is 94.4 Å². The second-order valence-corrected chi connectivity index (χ2v) is 3.94. The molecule has 4 heteroatoms. The summed E-state index contributed by atoms with van der Waals surface area (Å²) in [5.41, 5.74) is 1.12. The van der Waals surface area contributed by atoms with Crippen LogP contribution in [0.4, 0.5) is 4.79 Å². The fraction of sp³-hybridized carbons (Fsp3) is 0.417. The number of rotatable bonds is 3. The standard InChI is InChI=1S/C12H15NO3/c14-12(15)13-7-6-11(8-13)16-9-10-4-2-1-3-5-10/h1-5,11H,6-9H2,(H,14,15)/t11-/m1/s1. The maximum absolute atomic E-state index is 10.7. The van der Waals surface area contributed by atoms with Crippen molar-refractivity contribution in [1.82, 2.24) is 4.90 Å². The van der Waals surface area contributed by atoms with Gasteiger partial charge in [-0.2, -0.15) is 0 Å². The summed E-state index contributed by atoms with van der Waals surface area (Å²) in [4.78, 5) is 12.1. The first-order valence-corrected chi connectivity index (χ1v) is 5.39. The van der Waals surface area contributed by atoms with Gasteiger partial charge < -0.3 is 14.7 Å². The molecule has 16 heavy (non-hydrogen) atoms. The largest absolute Gasteiger partial charge is 0.465 e. The van der Waals surface area contributed by atoms with Gasteiger partial charge in [0.2, 0.25) is 0 Å². The van der Waals surface area contributed by atoms with Crippen LogP contribution in [-0.4, -0.2) is 35.3 Å². The molecule has 0 saturated carbocycles. The van der Waals surface area contributed by atoms with Crippen LogP contribution in [0.25, 0.3) is 0 Å². The smallest absolute Gasteiger partial charge is 0.407 e. The van der Waals surface area contributed by atoms with Gasteiger partial charge in [-0.3, -0.25) is 0 Å². The lowest BCUT2D eigenvalue weighted by molar-refractivity contribution is 0.0466. The van der Waals surface area contributed by atoms with Crippen LogP contribution in [0.2, 0.25) is 0 Å². The molecule has 1 aromatic rings. The summed E-state index contributed by atoms with van der Waals surface area (Å²) in [6.07, 6.45) is -0.0267. The summed E-state index contributed by atoms with van der Waals surface area (Å²) in [5, 5.41) is 8.79. The van der Waals surface area contributed by atoms with Crippen molar-refractivity contribution in [2.75, 3.05) is 13.1 Å². The molecule has 4 nitrogen and oxygen atoms in total. The Bertz CT molecular complexity index is 353. The minimum absolute atomic E-state index is 0.0382. The normalized spacial score (nSPS) is 20.0. The van der Waals surface area contributed by atoms with E-state index < -0.39 is 6.09 Å². The summed E-state index contributed by atoms with van der Waals surface area (Å²) < 4.78 is 5.66. The van der Waals surface area contributed by atoms with Crippen LogP contribution in [-0.2, 0) is 11.3 Å². The minimum atomic E-state index is -0.856. The van der Waals surface area contributed by atoms with Crippen LogP contribution in [0.1, 0.15) is 12.0 Å². The van der Waals surface area contributed by atoms with E-state index in [2.05, 4.69) is 0 Å². The number of ether oxygens (including phenoxy) is 1. The Kier molecular flexibility index (Phi) is 3.41. The molecule has 1 amide bonds. The van der Waals surface area contributed by atoms with Gasteiger partial charge in [0.05, 0.1) is 19.3 Å². The number of carboxylic acid groups (broad SMARTS) is 1. The second-order valence-electron chi connectivity index (χ2n) is 3.94. The number of hydrogen-bond acceptors (Lipinski definition) is 2. The van der Waals surface area contributed by atoms with E-state index in [0.29, 0.717) is 19.7 Å². The molecule has 1 aliphatic heterocycles. The van der Waals surface area contributed by atoms with Crippen molar-refractivity contribution in [3.63, 3.8) is 0 Å². The molecule has 0 bridgehead atoms. The number of likely N-dealkylation sites (tertiary alicyclic amines) is 1. The molecule has 0 spiro atoms. The number of carbonyl (C=O) groups is 1. The predicted molar refractivity (Wildman–Crippen MR) is 59.2 cm³/mol. The lowest BCUT2D eigenvalue weighted by Crippen LogP contribution is -2.28. The van der Waals surface area contributed by atoms with Crippen molar-refractivity contribution < 1.29 is 14.6 Å². The van der Waals surface area contributed by atoms with Crippen molar-refractivity contribution in [2.45, 2.75) is 19.1 Å². The third-order valence-corrected chi connectivity index (χ3v) is 2.74. The Morgan fingerprint density at radius 1 is 1.44 bits per heavy atom. The zero-order valence-corrected chi connectivity index (χ0v) is 9.00. The van der Waals surface area contributed by atoms with Crippen molar-refractivity contribution >= 4 is 6.09 Å². The summed E-state index contributed by atoms with van der Waals surface area (Å²) in [5.74, 6) is 0. The van der Waals surface area contributed by atoms with E-state index in [0.717, 1.165) is 12.0 Å². The number of benzene rings is 1. The molecule has 1 heterocycles. The molecule has 0 unspecified atom stereocenters. The molecule has 2 rings (SSSR count). The molecule has 1 aromatic carbocycles. The SMILES string of the molecule is O=C(O)N1CC[C@@H](OCc2ccccc2)C1. The molecule has 86 valence electrons. The van der Waals surface area contributed by atoms with E-state index in [4.69, 9.17) is 9.84 Å². The quantitative estimate of drug-likeness (QED) is 0.848. The van der Waals surface area contributed by atoms with E-state index in [1.54, 1.807) is 0 Å². The van der Waals surface area contributed by atoms with E-state index in [1.165, 1.54) is 4.90 Å². The van der Waals surface area contributed by atoms with Crippen LogP contribution in [0, 0.1) is 0 Å². The topological polar surface area (TPSA) is 49.8 Å². The highest BCUT2D eigenvalue weighted by Crippen LogP contribution is 2.14. The maximum atomic E-state index is 10.7. The average molecular weight is 221 g/mol. The molecule has 0 radical (unpaired) electrons. The Morgan fingerprint density at radius 2 is 2.19 bits per heavy atom. The summed E-state index contributed by atoms with van der Waals surface area (Å²) in [6.45, 7) is 1.62. The van der Waals surface area contributed by atoms with Crippen LogP contribution in [0.15, 0.2) is 30.3 Å². The summed E-state index contributed by atoms with van der Waals surface area (Å²) >= 11 is 0. The second kappa shape index (κ2) is 4.99. The summed E-state index contributed by atoms with van der Waals surface area (Å²) in [6, 6.07) is 9.91. The molecule has 1 atom stereocenters. The maximum Gasteiger partial charge on any atom is 0.407 e. The Hall–Kier alpha value is -1.55. The fourth-order valence-electron chi connectivity index (χ4n) is 1.83. The van der Waals surface area contributed by atoms with Gasteiger partial charge in [0, 0.05) is 6.54 Å². The highest BCUT2D eigenvalue weighted by atomic mass is 16.5. The van der Waals surface area contributed by atoms with Crippen LogP contribution >= 0.6 is 0 Å². The van der Waals surface area contributed by atoms with Crippen LogP contribution in [0.5, 0.6) is 0 Å². The molecule has 1 aliphatic rings. The van der Waals surface area contributed by atoms with Crippen molar-refractivity contribution in [3.05, 3.63) is 35.9 Å². The third kappa shape index (κ3) is 2.73. The zero-order chi connectivity index (χ0) is 11.4. The van der Waals surface area contributed by atoms with Gasteiger partial charge in [-0.1, -0.05) is 30.3 Å². The molecular formula is C12H15NO3. The molecule has 0 aromatic heterocycles. The average Bonchev–Trinajstić information content (AvgIpc) is 2.76. The summed E-state index contributed by atoms with van der Waals surface area (Å²) in [7, 11) is 0. The first-order chi connectivity index (χ1) is 7.75. The predicted octanol–water partition coefficient (Wildman–Crippen LogP) is 1.96. The Balaban J connectivity index is 1.78. The van der Waals surface area contributed by atoms with Crippen LogP contribution < -0.4 is 0 Å².